The van der Waals surface area contributed by atoms with E-state index in [4.69, 9.17) is 16.3 Å². The van der Waals surface area contributed by atoms with Gasteiger partial charge in [0, 0.05) is 29.4 Å². The van der Waals surface area contributed by atoms with Crippen LogP contribution >= 0.6 is 11.6 Å². The van der Waals surface area contributed by atoms with Crippen LogP contribution in [-0.4, -0.2) is 35.2 Å². The fourth-order valence-electron chi connectivity index (χ4n) is 3.48. The Morgan fingerprint density at radius 1 is 1.28 bits per heavy atom. The first-order valence-corrected chi connectivity index (χ1v) is 8.78. The lowest BCUT2D eigenvalue weighted by molar-refractivity contribution is 0.0424. The van der Waals surface area contributed by atoms with Crippen molar-refractivity contribution in [2.75, 3.05) is 18.5 Å². The van der Waals surface area contributed by atoms with Gasteiger partial charge >= 0.3 is 0 Å². The summed E-state index contributed by atoms with van der Waals surface area (Å²) < 4.78 is 5.72. The van der Waals surface area contributed by atoms with E-state index >= 15 is 0 Å². The summed E-state index contributed by atoms with van der Waals surface area (Å²) in [6, 6.07) is 12.3. The molecule has 2 aliphatic heterocycles. The van der Waals surface area contributed by atoms with Crippen molar-refractivity contribution in [1.29, 1.82) is 0 Å². The largest absolute Gasteiger partial charge is 0.508 e. The zero-order valence-corrected chi connectivity index (χ0v) is 14.4. The van der Waals surface area contributed by atoms with Crippen LogP contribution < -0.4 is 5.32 Å². The Morgan fingerprint density at radius 2 is 2.12 bits per heavy atom. The Balaban J connectivity index is 1.75. The molecule has 2 aliphatic rings. The van der Waals surface area contributed by atoms with E-state index in [1.54, 1.807) is 29.2 Å². The molecule has 0 aromatic heterocycles. The Kier molecular flexibility index (Phi) is 4.27. The molecule has 5 nitrogen and oxygen atoms in total. The van der Waals surface area contributed by atoms with Crippen LogP contribution in [0.3, 0.4) is 0 Å². The zero-order chi connectivity index (χ0) is 17.4. The molecule has 0 unspecified atom stereocenters. The van der Waals surface area contributed by atoms with E-state index in [9.17, 15) is 9.90 Å². The number of anilines is 1. The van der Waals surface area contributed by atoms with E-state index in [0.29, 0.717) is 22.7 Å². The third kappa shape index (κ3) is 3.05. The predicted molar refractivity (Wildman–Crippen MR) is 95.9 cm³/mol. The van der Waals surface area contributed by atoms with Crippen molar-refractivity contribution in [1.82, 2.24) is 4.90 Å². The second kappa shape index (κ2) is 6.58. The standard InChI is InChI=1S/C19H19ClN2O3/c20-12-7-8-17(23)15(10-12)18-21-16-6-2-1-5-14(16)19(24)22(18)11-13-4-3-9-25-13/h1-2,5-8,10,13,18,21,23H,3-4,9,11H2/t13-,18+/m0/s1. The molecule has 2 heterocycles. The molecule has 1 saturated heterocycles. The Morgan fingerprint density at radius 3 is 2.92 bits per heavy atom. The van der Waals surface area contributed by atoms with Gasteiger partial charge in [-0.15, -0.1) is 0 Å². The summed E-state index contributed by atoms with van der Waals surface area (Å²) in [6.07, 6.45) is 1.45. The molecule has 25 heavy (non-hydrogen) atoms. The summed E-state index contributed by atoms with van der Waals surface area (Å²) in [7, 11) is 0. The van der Waals surface area contributed by atoms with Gasteiger partial charge in [0.1, 0.15) is 11.9 Å². The van der Waals surface area contributed by atoms with Crippen LogP contribution in [0.4, 0.5) is 5.69 Å². The molecule has 6 heteroatoms. The summed E-state index contributed by atoms with van der Waals surface area (Å²) >= 11 is 6.12. The minimum atomic E-state index is -0.495. The quantitative estimate of drug-likeness (QED) is 0.876. The minimum absolute atomic E-state index is 0.0137. The Labute approximate surface area is 151 Å². The molecule has 2 N–H and O–H groups in total. The highest BCUT2D eigenvalue weighted by atomic mass is 35.5. The monoisotopic (exact) mass is 358 g/mol. The van der Waals surface area contributed by atoms with Gasteiger partial charge in [0.05, 0.1) is 11.7 Å². The molecule has 0 bridgehead atoms. The van der Waals surface area contributed by atoms with Crippen LogP contribution in [0.1, 0.15) is 34.9 Å². The van der Waals surface area contributed by atoms with E-state index in [1.807, 2.05) is 18.2 Å². The second-order valence-corrected chi connectivity index (χ2v) is 6.82. The number of hydrogen-bond acceptors (Lipinski definition) is 4. The van der Waals surface area contributed by atoms with Crippen molar-refractivity contribution >= 4 is 23.2 Å². The number of halogens is 1. The van der Waals surface area contributed by atoms with Gasteiger partial charge in [-0.2, -0.15) is 0 Å². The van der Waals surface area contributed by atoms with Gasteiger partial charge in [-0.25, -0.2) is 0 Å². The number of carbonyl (C=O) groups excluding carboxylic acids is 1. The fourth-order valence-corrected chi connectivity index (χ4v) is 3.66. The molecule has 2 atom stereocenters. The van der Waals surface area contributed by atoms with Gasteiger partial charge < -0.3 is 20.1 Å². The molecular weight excluding hydrogens is 340 g/mol. The SMILES string of the molecule is O=C1c2ccccc2N[C@@H](c2cc(Cl)ccc2O)N1C[C@@H]1CCCO1. The van der Waals surface area contributed by atoms with Crippen molar-refractivity contribution in [2.45, 2.75) is 25.1 Å². The van der Waals surface area contributed by atoms with Gasteiger partial charge in [0.25, 0.3) is 5.91 Å². The first-order valence-electron chi connectivity index (χ1n) is 8.40. The van der Waals surface area contributed by atoms with Crippen LogP contribution in [0.5, 0.6) is 5.75 Å². The maximum Gasteiger partial charge on any atom is 0.257 e. The van der Waals surface area contributed by atoms with Gasteiger partial charge in [0.2, 0.25) is 0 Å². The molecule has 0 aliphatic carbocycles. The number of ether oxygens (including phenoxy) is 1. The van der Waals surface area contributed by atoms with E-state index in [0.717, 1.165) is 25.1 Å². The number of para-hydroxylation sites is 1. The number of amides is 1. The number of hydrogen-bond donors (Lipinski definition) is 2. The van der Waals surface area contributed by atoms with Crippen LogP contribution in [0, 0.1) is 0 Å². The van der Waals surface area contributed by atoms with Crippen molar-refractivity contribution in [3.8, 4) is 5.75 Å². The molecule has 1 amide bonds. The topological polar surface area (TPSA) is 61.8 Å². The molecule has 0 saturated carbocycles. The number of rotatable bonds is 3. The van der Waals surface area contributed by atoms with E-state index in [2.05, 4.69) is 5.32 Å². The first-order chi connectivity index (χ1) is 12.1. The van der Waals surface area contributed by atoms with E-state index in [-0.39, 0.29) is 17.8 Å². The number of fused-ring (bicyclic) bond motifs is 1. The number of benzene rings is 2. The number of aromatic hydroxyl groups is 1. The second-order valence-electron chi connectivity index (χ2n) is 6.39. The average molecular weight is 359 g/mol. The number of phenolic OH excluding ortho intramolecular Hbond substituents is 1. The van der Waals surface area contributed by atoms with E-state index in [1.165, 1.54) is 0 Å². The Bertz CT molecular complexity index is 805. The molecule has 130 valence electrons. The van der Waals surface area contributed by atoms with Gasteiger partial charge in [-0.3, -0.25) is 4.79 Å². The van der Waals surface area contributed by atoms with Crippen LogP contribution in [0.2, 0.25) is 5.02 Å². The lowest BCUT2D eigenvalue weighted by Gasteiger charge is -2.39. The van der Waals surface area contributed by atoms with Crippen molar-refractivity contribution in [2.24, 2.45) is 0 Å². The highest BCUT2D eigenvalue weighted by Gasteiger charge is 2.36. The summed E-state index contributed by atoms with van der Waals surface area (Å²) in [5.74, 6) is 0.0284. The summed E-state index contributed by atoms with van der Waals surface area (Å²) in [5.41, 5.74) is 1.95. The fraction of sp³-hybridized carbons (Fsp3) is 0.316. The molecular formula is C19H19ClN2O3. The average Bonchev–Trinajstić information content (AvgIpc) is 3.13. The van der Waals surface area contributed by atoms with Crippen LogP contribution in [0.25, 0.3) is 0 Å². The van der Waals surface area contributed by atoms with Crippen molar-refractivity contribution < 1.29 is 14.6 Å². The first kappa shape index (κ1) is 16.2. The maximum absolute atomic E-state index is 13.1. The summed E-state index contributed by atoms with van der Waals surface area (Å²) in [4.78, 5) is 14.8. The van der Waals surface area contributed by atoms with Crippen molar-refractivity contribution in [3.63, 3.8) is 0 Å². The van der Waals surface area contributed by atoms with Gasteiger partial charge in [-0.05, 0) is 43.2 Å². The highest BCUT2D eigenvalue weighted by molar-refractivity contribution is 6.30. The number of phenols is 1. The normalized spacial score (nSPS) is 22.6. The summed E-state index contributed by atoms with van der Waals surface area (Å²) in [5, 5.41) is 14.2. The molecule has 0 radical (unpaired) electrons. The third-order valence-corrected chi connectivity index (χ3v) is 4.97. The van der Waals surface area contributed by atoms with E-state index < -0.39 is 6.17 Å². The minimum Gasteiger partial charge on any atom is -0.508 e. The van der Waals surface area contributed by atoms with Crippen LogP contribution in [0.15, 0.2) is 42.5 Å². The number of nitrogens with zero attached hydrogens (tertiary/aromatic N) is 1. The lowest BCUT2D eigenvalue weighted by atomic mass is 10.0. The molecule has 0 spiro atoms. The molecule has 4 rings (SSSR count). The number of carbonyl (C=O) groups is 1. The summed E-state index contributed by atoms with van der Waals surface area (Å²) in [6.45, 7) is 1.20. The Hall–Kier alpha value is -2.24. The predicted octanol–water partition coefficient (Wildman–Crippen LogP) is 3.79. The van der Waals surface area contributed by atoms with Crippen molar-refractivity contribution in [3.05, 3.63) is 58.6 Å². The molecule has 2 aromatic rings. The molecule has 2 aromatic carbocycles. The number of nitrogens with one attached hydrogen (secondary N) is 1. The highest BCUT2D eigenvalue weighted by Crippen LogP contribution is 2.38. The van der Waals surface area contributed by atoms with Gasteiger partial charge in [-0.1, -0.05) is 23.7 Å². The lowest BCUT2D eigenvalue weighted by Crippen LogP contribution is -2.46. The maximum atomic E-state index is 13.1. The molecule has 1 fully saturated rings. The smallest absolute Gasteiger partial charge is 0.257 e. The van der Waals surface area contributed by atoms with Crippen LogP contribution in [-0.2, 0) is 4.74 Å². The third-order valence-electron chi connectivity index (χ3n) is 4.73. The zero-order valence-electron chi connectivity index (χ0n) is 13.6. The van der Waals surface area contributed by atoms with Gasteiger partial charge in [0.15, 0.2) is 0 Å².